The van der Waals surface area contributed by atoms with Crippen LogP contribution in [0.1, 0.15) is 23.7 Å². The number of nitrogens with one attached hydrogen (secondary N) is 3. The van der Waals surface area contributed by atoms with Crippen molar-refractivity contribution in [2.45, 2.75) is 13.3 Å². The third-order valence-electron chi connectivity index (χ3n) is 3.95. The van der Waals surface area contributed by atoms with Crippen molar-refractivity contribution in [3.8, 4) is 11.5 Å². The van der Waals surface area contributed by atoms with Gasteiger partial charge < -0.3 is 25.4 Å². The van der Waals surface area contributed by atoms with Gasteiger partial charge >= 0.3 is 0 Å². The number of ether oxygens (including phenoxy) is 2. The fourth-order valence-electron chi connectivity index (χ4n) is 2.62. The number of aromatic nitrogens is 1. The van der Waals surface area contributed by atoms with Crippen LogP contribution in [-0.4, -0.2) is 49.7 Å². The molecule has 1 aromatic heterocycles. The van der Waals surface area contributed by atoms with E-state index in [9.17, 15) is 4.79 Å². The molecule has 0 aliphatic carbocycles. The molecule has 1 amide bonds. The molecule has 0 saturated carbocycles. The van der Waals surface area contributed by atoms with Crippen molar-refractivity contribution in [2.75, 3.05) is 38.2 Å². The topological polar surface area (TPSA) is 96.9 Å². The minimum absolute atomic E-state index is 0. The van der Waals surface area contributed by atoms with Crippen LogP contribution in [0.3, 0.4) is 0 Å². The van der Waals surface area contributed by atoms with Crippen LogP contribution >= 0.6 is 24.0 Å². The molecule has 0 fully saturated rings. The highest BCUT2D eigenvalue weighted by atomic mass is 127. The van der Waals surface area contributed by atoms with Crippen molar-refractivity contribution in [3.63, 3.8) is 0 Å². The van der Waals surface area contributed by atoms with Gasteiger partial charge in [-0.15, -0.1) is 24.0 Å². The molecule has 1 aromatic carbocycles. The molecule has 0 bridgehead atoms. The molecule has 0 radical (unpaired) electrons. The zero-order chi connectivity index (χ0) is 19.6. The first kappa shape index (κ1) is 22.7. The summed E-state index contributed by atoms with van der Waals surface area (Å²) in [6.45, 7) is 4.88. The highest BCUT2D eigenvalue weighted by Gasteiger charge is 2.11. The number of nitrogens with zero attached hydrogens (tertiary/aromatic N) is 2. The quantitative estimate of drug-likeness (QED) is 0.239. The first-order chi connectivity index (χ1) is 13.8. The second-order valence-corrected chi connectivity index (χ2v) is 6.10. The molecular formula is C20H26IN5O3. The molecule has 156 valence electrons. The molecule has 0 unspecified atom stereocenters. The molecule has 0 saturated heterocycles. The van der Waals surface area contributed by atoms with Crippen LogP contribution in [0.15, 0.2) is 47.7 Å². The molecule has 3 N–H and O–H groups in total. The van der Waals surface area contributed by atoms with Gasteiger partial charge in [0.25, 0.3) is 5.91 Å². The molecule has 3 rings (SSSR count). The molecule has 2 heterocycles. The first-order valence-corrected chi connectivity index (χ1v) is 9.39. The standard InChI is InChI=1S/C20H25N5O3.HI/c1-2-22-20(24-10-9-23-19(26)15-5-3-8-21-14-15)25-16-6-7-17-18(13-16)28-12-4-11-27-17;/h3,5-8,13-14H,2,4,9-12H2,1H3,(H,23,26)(H2,22,24,25);1H. The van der Waals surface area contributed by atoms with Gasteiger partial charge in [0.15, 0.2) is 17.5 Å². The number of anilines is 1. The Bertz CT molecular complexity index is 817. The van der Waals surface area contributed by atoms with Crippen LogP contribution in [0.2, 0.25) is 0 Å². The number of pyridine rings is 1. The Morgan fingerprint density at radius 2 is 2.00 bits per heavy atom. The Labute approximate surface area is 187 Å². The van der Waals surface area contributed by atoms with E-state index in [-0.39, 0.29) is 29.9 Å². The van der Waals surface area contributed by atoms with Gasteiger partial charge in [-0.05, 0) is 31.2 Å². The van der Waals surface area contributed by atoms with Crippen molar-refractivity contribution in [1.29, 1.82) is 0 Å². The predicted molar refractivity (Wildman–Crippen MR) is 124 cm³/mol. The van der Waals surface area contributed by atoms with Crippen molar-refractivity contribution >= 4 is 41.5 Å². The predicted octanol–water partition coefficient (Wildman–Crippen LogP) is 2.67. The van der Waals surface area contributed by atoms with E-state index < -0.39 is 0 Å². The smallest absolute Gasteiger partial charge is 0.252 e. The first-order valence-electron chi connectivity index (χ1n) is 9.39. The number of aliphatic imine (C=N–C) groups is 1. The molecule has 1 aliphatic rings. The van der Waals surface area contributed by atoms with Gasteiger partial charge in [0.05, 0.1) is 25.3 Å². The van der Waals surface area contributed by atoms with Crippen LogP contribution in [0.25, 0.3) is 0 Å². The summed E-state index contributed by atoms with van der Waals surface area (Å²) >= 11 is 0. The summed E-state index contributed by atoms with van der Waals surface area (Å²) in [5.41, 5.74) is 1.38. The lowest BCUT2D eigenvalue weighted by molar-refractivity contribution is 0.0954. The number of guanidine groups is 1. The number of rotatable bonds is 6. The van der Waals surface area contributed by atoms with E-state index in [2.05, 4.69) is 25.9 Å². The van der Waals surface area contributed by atoms with E-state index in [1.807, 2.05) is 25.1 Å². The monoisotopic (exact) mass is 511 g/mol. The van der Waals surface area contributed by atoms with Crippen molar-refractivity contribution < 1.29 is 14.3 Å². The molecule has 9 heteroatoms. The van der Waals surface area contributed by atoms with Crippen molar-refractivity contribution in [2.24, 2.45) is 4.99 Å². The van der Waals surface area contributed by atoms with Gasteiger partial charge in [0.1, 0.15) is 0 Å². The van der Waals surface area contributed by atoms with E-state index >= 15 is 0 Å². The Kier molecular flexibility index (Phi) is 9.48. The summed E-state index contributed by atoms with van der Waals surface area (Å²) < 4.78 is 11.4. The third kappa shape index (κ3) is 7.08. The summed E-state index contributed by atoms with van der Waals surface area (Å²) in [7, 11) is 0. The number of fused-ring (bicyclic) bond motifs is 1. The van der Waals surface area contributed by atoms with E-state index in [1.54, 1.807) is 18.3 Å². The molecular weight excluding hydrogens is 485 g/mol. The second-order valence-electron chi connectivity index (χ2n) is 6.10. The van der Waals surface area contributed by atoms with Crippen LogP contribution in [-0.2, 0) is 0 Å². The second kappa shape index (κ2) is 12.1. The average Bonchev–Trinajstić information content (AvgIpc) is 2.97. The Balaban J connectivity index is 0.00000300. The Hall–Kier alpha value is -2.56. The number of hydrogen-bond acceptors (Lipinski definition) is 5. The number of carbonyl (C=O) groups is 1. The largest absolute Gasteiger partial charge is 0.490 e. The zero-order valence-corrected chi connectivity index (χ0v) is 18.6. The maximum Gasteiger partial charge on any atom is 0.252 e. The lowest BCUT2D eigenvalue weighted by Gasteiger charge is -2.14. The lowest BCUT2D eigenvalue weighted by atomic mass is 10.2. The third-order valence-corrected chi connectivity index (χ3v) is 3.95. The minimum Gasteiger partial charge on any atom is -0.490 e. The average molecular weight is 511 g/mol. The lowest BCUT2D eigenvalue weighted by Crippen LogP contribution is -2.32. The molecule has 2 aromatic rings. The van der Waals surface area contributed by atoms with Crippen molar-refractivity contribution in [1.82, 2.24) is 15.6 Å². The molecule has 29 heavy (non-hydrogen) atoms. The maximum absolute atomic E-state index is 12.0. The van der Waals surface area contributed by atoms with Crippen LogP contribution < -0.4 is 25.4 Å². The fourth-order valence-corrected chi connectivity index (χ4v) is 2.62. The summed E-state index contributed by atoms with van der Waals surface area (Å²) in [5.74, 6) is 1.95. The normalized spacial score (nSPS) is 12.9. The molecule has 1 aliphatic heterocycles. The van der Waals surface area contributed by atoms with Crippen LogP contribution in [0.4, 0.5) is 5.69 Å². The van der Waals surface area contributed by atoms with Gasteiger partial charge in [-0.2, -0.15) is 0 Å². The summed E-state index contributed by atoms with van der Waals surface area (Å²) in [6, 6.07) is 9.17. The maximum atomic E-state index is 12.0. The SMILES string of the molecule is CCNC(=NCCNC(=O)c1cccnc1)Nc1ccc2c(c1)OCCCO2.I. The van der Waals surface area contributed by atoms with Crippen LogP contribution in [0, 0.1) is 0 Å². The minimum atomic E-state index is -0.163. The fraction of sp³-hybridized carbons (Fsp3) is 0.350. The number of amides is 1. The van der Waals surface area contributed by atoms with E-state index in [1.165, 1.54) is 6.20 Å². The van der Waals surface area contributed by atoms with Gasteiger partial charge in [-0.3, -0.25) is 14.8 Å². The molecule has 0 atom stereocenters. The summed E-state index contributed by atoms with van der Waals surface area (Å²) in [6.07, 6.45) is 4.04. The number of carbonyl (C=O) groups excluding carboxylic acids is 1. The van der Waals surface area contributed by atoms with Crippen LogP contribution in [0.5, 0.6) is 11.5 Å². The summed E-state index contributed by atoms with van der Waals surface area (Å²) in [5, 5.41) is 9.27. The van der Waals surface area contributed by atoms with Gasteiger partial charge in [0, 0.05) is 43.7 Å². The number of hydrogen-bond donors (Lipinski definition) is 3. The van der Waals surface area contributed by atoms with Gasteiger partial charge in [-0.25, -0.2) is 0 Å². The van der Waals surface area contributed by atoms with Gasteiger partial charge in [0.2, 0.25) is 0 Å². The van der Waals surface area contributed by atoms with E-state index in [0.717, 1.165) is 30.2 Å². The van der Waals surface area contributed by atoms with Gasteiger partial charge in [-0.1, -0.05) is 0 Å². The van der Waals surface area contributed by atoms with Crippen molar-refractivity contribution in [3.05, 3.63) is 48.3 Å². The zero-order valence-electron chi connectivity index (χ0n) is 16.3. The summed E-state index contributed by atoms with van der Waals surface area (Å²) in [4.78, 5) is 20.5. The number of benzene rings is 1. The van der Waals surface area contributed by atoms with E-state index in [0.29, 0.717) is 37.8 Å². The number of halogens is 1. The Morgan fingerprint density at radius 3 is 2.76 bits per heavy atom. The highest BCUT2D eigenvalue weighted by Crippen LogP contribution is 2.32. The molecule has 0 spiro atoms. The molecule has 8 nitrogen and oxygen atoms in total. The van der Waals surface area contributed by atoms with E-state index in [4.69, 9.17) is 9.47 Å². The Morgan fingerprint density at radius 1 is 1.17 bits per heavy atom. The highest BCUT2D eigenvalue weighted by molar-refractivity contribution is 14.0.